The van der Waals surface area contributed by atoms with Gasteiger partial charge in [0.25, 0.3) is 5.56 Å². The molecule has 0 aliphatic rings. The van der Waals surface area contributed by atoms with E-state index in [1.54, 1.807) is 13.4 Å². The Hall–Kier alpha value is -1.93. The Morgan fingerprint density at radius 2 is 1.71 bits per heavy atom. The van der Waals surface area contributed by atoms with Gasteiger partial charge in [-0.05, 0) is 25.8 Å². The topological polar surface area (TPSA) is 105 Å². The molecule has 31 heavy (non-hydrogen) atoms. The lowest BCUT2D eigenvalue weighted by molar-refractivity contribution is 0.158. The van der Waals surface area contributed by atoms with Crippen molar-refractivity contribution in [2.45, 2.75) is 96.6 Å². The summed E-state index contributed by atoms with van der Waals surface area (Å²) in [6.45, 7) is 4.67. The van der Waals surface area contributed by atoms with Gasteiger partial charge in [0, 0.05) is 20.1 Å². The first-order valence-electron chi connectivity index (χ1n) is 12.1. The summed E-state index contributed by atoms with van der Waals surface area (Å²) in [5.74, 6) is 0. The summed E-state index contributed by atoms with van der Waals surface area (Å²) in [6.07, 6.45) is 15.3. The van der Waals surface area contributed by atoms with E-state index in [4.69, 9.17) is 0 Å². The summed E-state index contributed by atoms with van der Waals surface area (Å²) in [4.78, 5) is 30.1. The number of nitrogens with one attached hydrogen (secondary N) is 2. The maximum absolute atomic E-state index is 11.8. The maximum Gasteiger partial charge on any atom is 0.329 e. The van der Waals surface area contributed by atoms with E-state index in [0.29, 0.717) is 17.7 Å². The van der Waals surface area contributed by atoms with Gasteiger partial charge in [0.05, 0.1) is 12.4 Å². The number of aliphatic hydroxyl groups is 1. The van der Waals surface area contributed by atoms with Crippen LogP contribution in [0.15, 0.2) is 15.9 Å². The van der Waals surface area contributed by atoms with Crippen molar-refractivity contribution in [2.24, 2.45) is 7.05 Å². The lowest BCUT2D eigenvalue weighted by Crippen LogP contribution is -2.29. The minimum absolute atomic E-state index is 0.253. The number of fused-ring (bicyclic) bond motifs is 1. The fourth-order valence-corrected chi connectivity index (χ4v) is 3.98. The molecule has 8 nitrogen and oxygen atoms in total. The van der Waals surface area contributed by atoms with Crippen LogP contribution < -0.4 is 16.6 Å². The SMILES string of the molecule is CCCCCCCCNCC(O)CCCCCCCn1cnc2c(=O)[nH]c(=O)n(C)c21. The van der Waals surface area contributed by atoms with Gasteiger partial charge in [0.1, 0.15) is 5.65 Å². The number of nitrogens with zero attached hydrogens (tertiary/aromatic N) is 3. The zero-order valence-electron chi connectivity index (χ0n) is 19.4. The summed E-state index contributed by atoms with van der Waals surface area (Å²) in [5.41, 5.74) is 0.0302. The van der Waals surface area contributed by atoms with Gasteiger partial charge in [-0.2, -0.15) is 0 Å². The second kappa shape index (κ2) is 14.2. The number of unbranched alkanes of at least 4 members (excludes halogenated alkanes) is 9. The Morgan fingerprint density at radius 3 is 2.48 bits per heavy atom. The van der Waals surface area contributed by atoms with Crippen LogP contribution in [0.25, 0.3) is 11.2 Å². The molecule has 1 atom stereocenters. The zero-order chi connectivity index (χ0) is 22.5. The fraction of sp³-hybridized carbons (Fsp3) is 0.783. The molecule has 0 saturated carbocycles. The summed E-state index contributed by atoms with van der Waals surface area (Å²) < 4.78 is 3.32. The summed E-state index contributed by atoms with van der Waals surface area (Å²) in [5, 5.41) is 13.5. The molecule has 2 heterocycles. The molecule has 1 unspecified atom stereocenters. The third-order valence-corrected chi connectivity index (χ3v) is 5.89. The van der Waals surface area contributed by atoms with Gasteiger partial charge in [-0.15, -0.1) is 0 Å². The number of aromatic nitrogens is 4. The van der Waals surface area contributed by atoms with Crippen LogP contribution in [-0.2, 0) is 13.6 Å². The Morgan fingerprint density at radius 1 is 1.03 bits per heavy atom. The highest BCUT2D eigenvalue weighted by molar-refractivity contribution is 5.69. The second-order valence-corrected chi connectivity index (χ2v) is 8.61. The number of aryl methyl sites for hydroxylation is 2. The molecule has 0 aliphatic carbocycles. The maximum atomic E-state index is 11.8. The van der Waals surface area contributed by atoms with E-state index in [0.717, 1.165) is 51.6 Å². The van der Waals surface area contributed by atoms with E-state index in [9.17, 15) is 14.7 Å². The second-order valence-electron chi connectivity index (χ2n) is 8.61. The van der Waals surface area contributed by atoms with Crippen molar-refractivity contribution >= 4 is 11.2 Å². The van der Waals surface area contributed by atoms with Crippen LogP contribution in [0.5, 0.6) is 0 Å². The lowest BCUT2D eigenvalue weighted by Gasteiger charge is -2.12. The van der Waals surface area contributed by atoms with Crippen LogP contribution in [0.2, 0.25) is 0 Å². The summed E-state index contributed by atoms with van der Waals surface area (Å²) in [6, 6.07) is 0. The molecule has 0 spiro atoms. The van der Waals surface area contributed by atoms with Gasteiger partial charge in [-0.25, -0.2) is 9.78 Å². The molecule has 0 radical (unpaired) electrons. The number of hydrogen-bond acceptors (Lipinski definition) is 5. The number of hydrogen-bond donors (Lipinski definition) is 3. The highest BCUT2D eigenvalue weighted by Crippen LogP contribution is 2.11. The van der Waals surface area contributed by atoms with E-state index >= 15 is 0 Å². The van der Waals surface area contributed by atoms with Crippen molar-refractivity contribution in [2.75, 3.05) is 13.1 Å². The minimum atomic E-state index is -0.433. The largest absolute Gasteiger partial charge is 0.392 e. The van der Waals surface area contributed by atoms with Crippen molar-refractivity contribution in [1.29, 1.82) is 0 Å². The third-order valence-electron chi connectivity index (χ3n) is 5.89. The van der Waals surface area contributed by atoms with E-state index in [-0.39, 0.29) is 6.10 Å². The number of aliphatic hydroxyl groups excluding tert-OH is 1. The average Bonchev–Trinajstić information content (AvgIpc) is 3.18. The molecule has 0 aromatic carbocycles. The molecule has 2 aromatic rings. The Kier molecular flexibility index (Phi) is 11.6. The Bertz CT molecular complexity index is 870. The Balaban J connectivity index is 1.51. The van der Waals surface area contributed by atoms with Crippen LogP contribution in [0, 0.1) is 0 Å². The predicted octanol–water partition coefficient (Wildman–Crippen LogP) is 3.07. The van der Waals surface area contributed by atoms with Gasteiger partial charge in [-0.1, -0.05) is 64.7 Å². The molecular formula is C23H41N5O3. The number of imidazole rings is 1. The fourth-order valence-electron chi connectivity index (χ4n) is 3.98. The lowest BCUT2D eigenvalue weighted by atomic mass is 10.1. The van der Waals surface area contributed by atoms with Gasteiger partial charge in [0.15, 0.2) is 5.52 Å². The van der Waals surface area contributed by atoms with Gasteiger partial charge >= 0.3 is 5.69 Å². The van der Waals surface area contributed by atoms with Crippen LogP contribution in [0.1, 0.15) is 84.0 Å². The molecule has 0 bridgehead atoms. The predicted molar refractivity (Wildman–Crippen MR) is 126 cm³/mol. The van der Waals surface area contributed by atoms with Crippen molar-refractivity contribution in [3.63, 3.8) is 0 Å². The first-order valence-corrected chi connectivity index (χ1v) is 12.1. The van der Waals surface area contributed by atoms with Crippen LogP contribution in [-0.4, -0.2) is 43.4 Å². The summed E-state index contributed by atoms with van der Waals surface area (Å²) in [7, 11) is 1.65. The molecule has 2 rings (SSSR count). The van der Waals surface area contributed by atoms with Crippen molar-refractivity contribution in [1.82, 2.24) is 24.4 Å². The number of H-pyrrole nitrogens is 1. The molecule has 8 heteroatoms. The number of aromatic amines is 1. The van der Waals surface area contributed by atoms with E-state index < -0.39 is 11.2 Å². The highest BCUT2D eigenvalue weighted by Gasteiger charge is 2.11. The third kappa shape index (κ3) is 8.61. The van der Waals surface area contributed by atoms with Gasteiger partial charge in [-0.3, -0.25) is 14.3 Å². The quantitative estimate of drug-likeness (QED) is 0.331. The van der Waals surface area contributed by atoms with Crippen molar-refractivity contribution in [3.05, 3.63) is 27.2 Å². The first-order chi connectivity index (χ1) is 15.0. The molecule has 3 N–H and O–H groups in total. The van der Waals surface area contributed by atoms with Crippen LogP contribution in [0.3, 0.4) is 0 Å². The molecular weight excluding hydrogens is 394 g/mol. The molecule has 176 valence electrons. The van der Waals surface area contributed by atoms with E-state index in [1.165, 1.54) is 43.1 Å². The smallest absolute Gasteiger partial charge is 0.329 e. The monoisotopic (exact) mass is 435 g/mol. The van der Waals surface area contributed by atoms with Crippen molar-refractivity contribution < 1.29 is 5.11 Å². The normalized spacial score (nSPS) is 12.6. The van der Waals surface area contributed by atoms with E-state index in [1.807, 2.05) is 4.57 Å². The number of rotatable bonds is 17. The molecule has 0 saturated heterocycles. The van der Waals surface area contributed by atoms with Crippen LogP contribution >= 0.6 is 0 Å². The Labute approximate surface area is 185 Å². The van der Waals surface area contributed by atoms with E-state index in [2.05, 4.69) is 22.2 Å². The average molecular weight is 436 g/mol. The molecule has 2 aromatic heterocycles. The van der Waals surface area contributed by atoms with Gasteiger partial charge in [0.2, 0.25) is 0 Å². The molecule has 0 fully saturated rings. The van der Waals surface area contributed by atoms with Gasteiger partial charge < -0.3 is 15.0 Å². The standard InChI is InChI=1S/C23H41N5O3/c1-3-4-5-6-9-12-15-24-17-19(29)14-11-8-7-10-13-16-28-18-25-20-21(30)26-23(31)27(2)22(20)28/h18-19,24,29H,3-17H2,1-2H3,(H,26,30,31). The van der Waals surface area contributed by atoms with Crippen molar-refractivity contribution in [3.8, 4) is 0 Å². The summed E-state index contributed by atoms with van der Waals surface area (Å²) >= 11 is 0. The molecule has 0 amide bonds. The minimum Gasteiger partial charge on any atom is -0.392 e. The highest BCUT2D eigenvalue weighted by atomic mass is 16.3. The van der Waals surface area contributed by atoms with Crippen LogP contribution in [0.4, 0.5) is 0 Å². The zero-order valence-corrected chi connectivity index (χ0v) is 19.4. The molecule has 0 aliphatic heterocycles. The first kappa shape index (κ1) is 25.3.